The highest BCUT2D eigenvalue weighted by atomic mass is 79.9. The third-order valence-electron chi connectivity index (χ3n) is 4.43. The maximum atomic E-state index is 12.2. The largest absolute Gasteiger partial charge is 0.493 e. The Morgan fingerprint density at radius 1 is 1.06 bits per heavy atom. The van der Waals surface area contributed by atoms with Gasteiger partial charge in [-0.25, -0.2) is 5.43 Å². The zero-order chi connectivity index (χ0) is 23.3. The third kappa shape index (κ3) is 6.04. The first-order valence-corrected chi connectivity index (χ1v) is 11.7. The molecule has 0 unspecified atom stereocenters. The Labute approximate surface area is 213 Å². The fourth-order valence-corrected chi connectivity index (χ4v) is 3.96. The van der Waals surface area contributed by atoms with Crippen LogP contribution in [0.25, 0.3) is 0 Å². The van der Waals surface area contributed by atoms with Crippen LogP contribution in [0.4, 0.5) is 0 Å². The van der Waals surface area contributed by atoms with Crippen LogP contribution < -0.4 is 14.9 Å². The number of rotatable bonds is 7. The zero-order valence-corrected chi connectivity index (χ0v) is 21.8. The standard InChI is InChI=1S/C23H18Br2Cl2N2O3/c1-13-3-6-15(7-4-13)23(30)29-28-11-16-10-19(31-2)22(21(25)20(16)24)32-12-14-5-8-17(26)18(27)9-14/h3-11H,12H2,1-2H3,(H,29,30)/b28-11-. The molecule has 0 heterocycles. The Hall–Kier alpha value is -2.06. The molecule has 0 atom stereocenters. The summed E-state index contributed by atoms with van der Waals surface area (Å²) in [7, 11) is 1.54. The number of carbonyl (C=O) groups is 1. The molecule has 0 fully saturated rings. The molecule has 3 aromatic rings. The van der Waals surface area contributed by atoms with Crippen LogP contribution in [0.3, 0.4) is 0 Å². The van der Waals surface area contributed by atoms with Gasteiger partial charge in [0.2, 0.25) is 0 Å². The van der Waals surface area contributed by atoms with E-state index in [-0.39, 0.29) is 12.5 Å². The first-order chi connectivity index (χ1) is 15.3. The number of hydrazone groups is 1. The summed E-state index contributed by atoms with van der Waals surface area (Å²) < 4.78 is 12.8. The fraction of sp³-hybridized carbons (Fsp3) is 0.130. The van der Waals surface area contributed by atoms with Crippen molar-refractivity contribution in [2.24, 2.45) is 5.10 Å². The van der Waals surface area contributed by atoms with Crippen LogP contribution >= 0.6 is 55.1 Å². The predicted molar refractivity (Wildman–Crippen MR) is 135 cm³/mol. The van der Waals surface area contributed by atoms with E-state index in [4.69, 9.17) is 32.7 Å². The Balaban J connectivity index is 1.76. The van der Waals surface area contributed by atoms with Gasteiger partial charge in [-0.2, -0.15) is 5.10 Å². The van der Waals surface area contributed by atoms with E-state index in [9.17, 15) is 4.79 Å². The molecule has 32 heavy (non-hydrogen) atoms. The van der Waals surface area contributed by atoms with E-state index in [1.807, 2.05) is 25.1 Å². The second-order valence-corrected chi connectivity index (χ2v) is 9.13. The van der Waals surface area contributed by atoms with Crippen LogP contribution in [0.15, 0.2) is 62.6 Å². The highest BCUT2D eigenvalue weighted by Crippen LogP contribution is 2.42. The normalized spacial score (nSPS) is 10.9. The molecule has 9 heteroatoms. The molecule has 1 amide bonds. The average molecular weight is 601 g/mol. The van der Waals surface area contributed by atoms with E-state index in [0.29, 0.717) is 41.6 Å². The van der Waals surface area contributed by atoms with Crippen LogP contribution in [0.5, 0.6) is 11.5 Å². The van der Waals surface area contributed by atoms with Crippen molar-refractivity contribution in [2.45, 2.75) is 13.5 Å². The first-order valence-electron chi connectivity index (χ1n) is 9.33. The Bertz CT molecular complexity index is 1170. The number of amides is 1. The topological polar surface area (TPSA) is 59.9 Å². The summed E-state index contributed by atoms with van der Waals surface area (Å²) in [6.07, 6.45) is 1.52. The number of hydrogen-bond donors (Lipinski definition) is 1. The van der Waals surface area contributed by atoms with Crippen molar-refractivity contribution in [3.8, 4) is 11.5 Å². The molecule has 0 bridgehead atoms. The van der Waals surface area contributed by atoms with Gasteiger partial charge in [-0.1, -0.05) is 47.0 Å². The summed E-state index contributed by atoms with van der Waals surface area (Å²) in [6.45, 7) is 2.22. The van der Waals surface area contributed by atoms with Gasteiger partial charge in [0.1, 0.15) is 6.61 Å². The van der Waals surface area contributed by atoms with Crippen molar-refractivity contribution in [2.75, 3.05) is 7.11 Å². The van der Waals surface area contributed by atoms with Gasteiger partial charge in [-0.15, -0.1) is 0 Å². The highest BCUT2D eigenvalue weighted by molar-refractivity contribution is 9.13. The molecule has 3 aromatic carbocycles. The molecule has 0 saturated heterocycles. The number of benzene rings is 3. The minimum absolute atomic E-state index is 0.262. The fourth-order valence-electron chi connectivity index (χ4n) is 2.70. The lowest BCUT2D eigenvalue weighted by molar-refractivity contribution is 0.0955. The molecule has 0 spiro atoms. The van der Waals surface area contributed by atoms with E-state index in [0.717, 1.165) is 11.1 Å². The average Bonchev–Trinajstić information content (AvgIpc) is 2.78. The maximum absolute atomic E-state index is 12.2. The van der Waals surface area contributed by atoms with Crippen LogP contribution in [-0.4, -0.2) is 19.2 Å². The van der Waals surface area contributed by atoms with Crippen LogP contribution in [-0.2, 0) is 6.61 Å². The number of ether oxygens (including phenoxy) is 2. The minimum Gasteiger partial charge on any atom is -0.493 e. The smallest absolute Gasteiger partial charge is 0.271 e. The summed E-state index contributed by atoms with van der Waals surface area (Å²) in [5.41, 5.74) is 5.66. The van der Waals surface area contributed by atoms with E-state index in [2.05, 4.69) is 42.4 Å². The Kier molecular flexibility index (Phi) is 8.59. The number of methoxy groups -OCH3 is 1. The number of nitrogens with zero attached hydrogens (tertiary/aromatic N) is 1. The van der Waals surface area contributed by atoms with Gasteiger partial charge in [-0.3, -0.25) is 4.79 Å². The lowest BCUT2D eigenvalue weighted by atomic mass is 10.1. The molecule has 0 aliphatic rings. The SMILES string of the molecule is COc1cc(/C=N\NC(=O)c2ccc(C)cc2)c(Br)c(Br)c1OCc1ccc(Cl)c(Cl)c1. The van der Waals surface area contributed by atoms with Gasteiger partial charge in [0.15, 0.2) is 11.5 Å². The predicted octanol–water partition coefficient (Wildman–Crippen LogP) is 7.18. The second kappa shape index (κ2) is 11.2. The van der Waals surface area contributed by atoms with E-state index in [1.54, 1.807) is 37.4 Å². The van der Waals surface area contributed by atoms with E-state index in [1.165, 1.54) is 6.21 Å². The van der Waals surface area contributed by atoms with Crippen molar-refractivity contribution in [1.82, 2.24) is 5.43 Å². The van der Waals surface area contributed by atoms with Gasteiger partial charge in [0.25, 0.3) is 5.91 Å². The van der Waals surface area contributed by atoms with E-state index >= 15 is 0 Å². The summed E-state index contributed by atoms with van der Waals surface area (Å²) in [4.78, 5) is 12.2. The number of nitrogens with one attached hydrogen (secondary N) is 1. The number of halogens is 4. The van der Waals surface area contributed by atoms with Crippen molar-refractivity contribution in [1.29, 1.82) is 0 Å². The van der Waals surface area contributed by atoms with Crippen molar-refractivity contribution < 1.29 is 14.3 Å². The third-order valence-corrected chi connectivity index (χ3v) is 7.31. The first kappa shape index (κ1) is 24.6. The molecule has 0 aromatic heterocycles. The van der Waals surface area contributed by atoms with Gasteiger partial charge < -0.3 is 9.47 Å². The molecule has 0 saturated carbocycles. The lowest BCUT2D eigenvalue weighted by Crippen LogP contribution is -2.17. The Morgan fingerprint density at radius 2 is 1.78 bits per heavy atom. The van der Waals surface area contributed by atoms with E-state index < -0.39 is 0 Å². The quantitative estimate of drug-likeness (QED) is 0.231. The second-order valence-electron chi connectivity index (χ2n) is 6.73. The minimum atomic E-state index is -0.301. The molecule has 0 aliphatic carbocycles. The maximum Gasteiger partial charge on any atom is 0.271 e. The molecular formula is C23H18Br2Cl2N2O3. The van der Waals surface area contributed by atoms with Crippen molar-refractivity contribution >= 4 is 67.2 Å². The molecule has 1 N–H and O–H groups in total. The van der Waals surface area contributed by atoms with Gasteiger partial charge in [0, 0.05) is 15.6 Å². The van der Waals surface area contributed by atoms with Crippen LogP contribution in [0.2, 0.25) is 10.0 Å². The highest BCUT2D eigenvalue weighted by Gasteiger charge is 2.17. The molecule has 3 rings (SSSR count). The van der Waals surface area contributed by atoms with Crippen LogP contribution in [0.1, 0.15) is 27.0 Å². The number of aryl methyl sites for hydroxylation is 1. The molecule has 5 nitrogen and oxygen atoms in total. The van der Waals surface area contributed by atoms with Gasteiger partial charge in [-0.05, 0) is 74.7 Å². The number of carbonyl (C=O) groups excluding carboxylic acids is 1. The van der Waals surface area contributed by atoms with Gasteiger partial charge in [0.05, 0.1) is 27.8 Å². The number of hydrogen-bond acceptors (Lipinski definition) is 4. The zero-order valence-electron chi connectivity index (χ0n) is 17.1. The Morgan fingerprint density at radius 3 is 2.44 bits per heavy atom. The van der Waals surface area contributed by atoms with Crippen LogP contribution in [0, 0.1) is 6.92 Å². The van der Waals surface area contributed by atoms with Crippen molar-refractivity contribution in [3.05, 3.63) is 89.8 Å². The molecule has 166 valence electrons. The summed E-state index contributed by atoms with van der Waals surface area (Å²) in [6, 6.07) is 14.3. The molecule has 0 aliphatic heterocycles. The summed E-state index contributed by atoms with van der Waals surface area (Å²) >= 11 is 19.1. The molecular weight excluding hydrogens is 583 g/mol. The van der Waals surface area contributed by atoms with Crippen molar-refractivity contribution in [3.63, 3.8) is 0 Å². The summed E-state index contributed by atoms with van der Waals surface area (Å²) in [5.74, 6) is 0.697. The molecule has 0 radical (unpaired) electrons. The summed E-state index contributed by atoms with van der Waals surface area (Å²) in [5, 5.41) is 5.00. The lowest BCUT2D eigenvalue weighted by Gasteiger charge is -2.15. The van der Waals surface area contributed by atoms with Gasteiger partial charge >= 0.3 is 0 Å². The monoisotopic (exact) mass is 598 g/mol.